The molecular weight excluding hydrogens is 439 g/mol. The Labute approximate surface area is 194 Å². The highest BCUT2D eigenvalue weighted by atomic mass is 19.1. The highest BCUT2D eigenvalue weighted by molar-refractivity contribution is 6.03. The zero-order valence-corrected chi connectivity index (χ0v) is 18.0. The van der Waals surface area contributed by atoms with E-state index in [1.54, 1.807) is 0 Å². The van der Waals surface area contributed by atoms with E-state index in [4.69, 9.17) is 9.84 Å². The SMILES string of the molecule is O=C(NC1(C(=O)Nc2cccc(C(=O)O)c2F)CC1)OCC1c2ccccc2-c2ccccc21. The zero-order chi connectivity index (χ0) is 23.9. The van der Waals surface area contributed by atoms with E-state index in [1.165, 1.54) is 12.1 Å². The van der Waals surface area contributed by atoms with Crippen LogP contribution in [0.15, 0.2) is 66.7 Å². The lowest BCUT2D eigenvalue weighted by Crippen LogP contribution is -2.46. The first-order valence-corrected chi connectivity index (χ1v) is 10.9. The number of rotatable bonds is 6. The molecule has 0 aliphatic heterocycles. The number of benzene rings is 3. The summed E-state index contributed by atoms with van der Waals surface area (Å²) in [5.41, 5.74) is 2.34. The summed E-state index contributed by atoms with van der Waals surface area (Å²) in [5, 5.41) is 14.1. The normalized spacial score (nSPS) is 15.1. The summed E-state index contributed by atoms with van der Waals surface area (Å²) in [7, 11) is 0. The number of ether oxygens (including phenoxy) is 1. The Morgan fingerprint density at radius 3 is 2.15 bits per heavy atom. The molecule has 5 rings (SSSR count). The Morgan fingerprint density at radius 1 is 0.941 bits per heavy atom. The first kappa shape index (κ1) is 21.6. The smallest absolute Gasteiger partial charge is 0.408 e. The molecular formula is C26H21FN2O5. The number of carboxylic acids is 1. The highest BCUT2D eigenvalue weighted by Crippen LogP contribution is 2.44. The van der Waals surface area contributed by atoms with Gasteiger partial charge in [-0.15, -0.1) is 0 Å². The van der Waals surface area contributed by atoms with Crippen LogP contribution in [-0.4, -0.2) is 35.2 Å². The molecule has 0 radical (unpaired) electrons. The quantitative estimate of drug-likeness (QED) is 0.501. The number of nitrogens with one attached hydrogen (secondary N) is 2. The van der Waals surface area contributed by atoms with Crippen molar-refractivity contribution < 1.29 is 28.6 Å². The van der Waals surface area contributed by atoms with Crippen molar-refractivity contribution in [1.29, 1.82) is 0 Å². The van der Waals surface area contributed by atoms with E-state index in [2.05, 4.69) is 10.6 Å². The second kappa shape index (κ2) is 8.30. The molecule has 2 aliphatic rings. The van der Waals surface area contributed by atoms with Crippen molar-refractivity contribution in [3.05, 3.63) is 89.2 Å². The van der Waals surface area contributed by atoms with Crippen molar-refractivity contribution >= 4 is 23.7 Å². The predicted molar refractivity (Wildman–Crippen MR) is 122 cm³/mol. The van der Waals surface area contributed by atoms with E-state index in [-0.39, 0.29) is 18.2 Å². The molecule has 1 saturated carbocycles. The van der Waals surface area contributed by atoms with Crippen LogP contribution in [0.1, 0.15) is 40.2 Å². The minimum Gasteiger partial charge on any atom is -0.478 e. The first-order chi connectivity index (χ1) is 16.4. The van der Waals surface area contributed by atoms with Crippen LogP contribution in [0.4, 0.5) is 14.9 Å². The summed E-state index contributed by atoms with van der Waals surface area (Å²) in [6.45, 7) is 0.104. The average Bonchev–Trinajstić information content (AvgIpc) is 3.54. The standard InChI is InChI=1S/C26H21FN2O5/c27-22-19(23(30)31)10-5-11-21(22)28-24(32)26(12-13-26)29-25(33)34-14-20-17-8-3-1-6-15(17)16-7-2-4-9-18(16)20/h1-11,20H,12-14H2,(H,28,32)(H,29,33)(H,30,31). The predicted octanol–water partition coefficient (Wildman–Crippen LogP) is 4.53. The fraction of sp³-hybridized carbons (Fsp3) is 0.192. The molecule has 1 fully saturated rings. The number of fused-ring (bicyclic) bond motifs is 3. The second-order valence-electron chi connectivity index (χ2n) is 8.46. The second-order valence-corrected chi connectivity index (χ2v) is 8.46. The van der Waals surface area contributed by atoms with Gasteiger partial charge in [0.1, 0.15) is 12.1 Å². The van der Waals surface area contributed by atoms with Crippen molar-refractivity contribution in [3.8, 4) is 11.1 Å². The number of carbonyl (C=O) groups is 3. The molecule has 0 bridgehead atoms. The topological polar surface area (TPSA) is 105 Å². The van der Waals surface area contributed by atoms with Crippen LogP contribution >= 0.6 is 0 Å². The third-order valence-electron chi connectivity index (χ3n) is 6.35. The molecule has 3 N–H and O–H groups in total. The van der Waals surface area contributed by atoms with E-state index < -0.39 is 34.9 Å². The van der Waals surface area contributed by atoms with Crippen molar-refractivity contribution in [2.45, 2.75) is 24.3 Å². The fourth-order valence-electron chi connectivity index (χ4n) is 4.40. The number of alkyl carbamates (subject to hydrolysis) is 1. The van der Waals surface area contributed by atoms with Gasteiger partial charge in [0, 0.05) is 5.92 Å². The van der Waals surface area contributed by atoms with Gasteiger partial charge in [0.15, 0.2) is 5.82 Å². The summed E-state index contributed by atoms with van der Waals surface area (Å²) in [6.07, 6.45) is -0.0127. The molecule has 172 valence electrons. The Bertz CT molecular complexity index is 1270. The number of halogens is 1. The Balaban J connectivity index is 1.25. The Morgan fingerprint density at radius 2 is 1.56 bits per heavy atom. The van der Waals surface area contributed by atoms with Gasteiger partial charge < -0.3 is 20.5 Å². The lowest BCUT2D eigenvalue weighted by molar-refractivity contribution is -0.119. The van der Waals surface area contributed by atoms with Crippen LogP contribution in [-0.2, 0) is 9.53 Å². The van der Waals surface area contributed by atoms with Gasteiger partial charge in [-0.25, -0.2) is 14.0 Å². The van der Waals surface area contributed by atoms with Crippen LogP contribution in [0.2, 0.25) is 0 Å². The summed E-state index contributed by atoms with van der Waals surface area (Å²) in [5.74, 6) is -3.22. The molecule has 8 heteroatoms. The molecule has 7 nitrogen and oxygen atoms in total. The van der Waals surface area contributed by atoms with Crippen LogP contribution in [0, 0.1) is 5.82 Å². The Hall–Kier alpha value is -4.20. The summed E-state index contributed by atoms with van der Waals surface area (Å²) >= 11 is 0. The lowest BCUT2D eigenvalue weighted by Gasteiger charge is -2.19. The van der Waals surface area contributed by atoms with Gasteiger partial charge in [-0.05, 0) is 47.2 Å². The Kier molecular flexibility index (Phi) is 5.28. The average molecular weight is 460 g/mol. The van der Waals surface area contributed by atoms with Crippen molar-refractivity contribution in [3.63, 3.8) is 0 Å². The van der Waals surface area contributed by atoms with E-state index >= 15 is 0 Å². The van der Waals surface area contributed by atoms with E-state index in [1.807, 2.05) is 48.5 Å². The molecule has 0 saturated heterocycles. The fourth-order valence-corrected chi connectivity index (χ4v) is 4.40. The minimum absolute atomic E-state index is 0.104. The number of carbonyl (C=O) groups excluding carboxylic acids is 2. The maximum atomic E-state index is 14.4. The molecule has 0 unspecified atom stereocenters. The summed E-state index contributed by atoms with van der Waals surface area (Å²) in [6, 6.07) is 19.6. The van der Waals surface area contributed by atoms with Crippen LogP contribution in [0.3, 0.4) is 0 Å². The first-order valence-electron chi connectivity index (χ1n) is 10.9. The molecule has 0 atom stereocenters. The summed E-state index contributed by atoms with van der Waals surface area (Å²) < 4.78 is 19.9. The van der Waals surface area contributed by atoms with Gasteiger partial charge >= 0.3 is 12.1 Å². The molecule has 0 aromatic heterocycles. The number of hydrogen-bond donors (Lipinski definition) is 3. The molecule has 3 aromatic rings. The van der Waals surface area contributed by atoms with E-state index in [9.17, 15) is 18.8 Å². The van der Waals surface area contributed by atoms with Crippen molar-refractivity contribution in [1.82, 2.24) is 5.32 Å². The molecule has 0 spiro atoms. The van der Waals surface area contributed by atoms with Crippen molar-refractivity contribution in [2.24, 2.45) is 0 Å². The van der Waals surface area contributed by atoms with Gasteiger partial charge in [-0.3, -0.25) is 4.79 Å². The van der Waals surface area contributed by atoms with E-state index in [0.29, 0.717) is 12.8 Å². The number of anilines is 1. The van der Waals surface area contributed by atoms with Gasteiger partial charge in [-0.1, -0.05) is 54.6 Å². The molecule has 2 amide bonds. The van der Waals surface area contributed by atoms with Gasteiger partial charge in [0.2, 0.25) is 5.91 Å². The lowest BCUT2D eigenvalue weighted by atomic mass is 9.98. The number of aromatic carboxylic acids is 1. The maximum absolute atomic E-state index is 14.4. The summed E-state index contributed by atoms with van der Waals surface area (Å²) in [4.78, 5) is 36.5. The van der Waals surface area contributed by atoms with Gasteiger partial charge in [0.05, 0.1) is 11.3 Å². The van der Waals surface area contributed by atoms with Crippen molar-refractivity contribution in [2.75, 3.05) is 11.9 Å². The van der Waals surface area contributed by atoms with Crippen LogP contribution in [0.5, 0.6) is 0 Å². The van der Waals surface area contributed by atoms with E-state index in [0.717, 1.165) is 28.3 Å². The van der Waals surface area contributed by atoms with Gasteiger partial charge in [-0.2, -0.15) is 0 Å². The van der Waals surface area contributed by atoms with Crippen LogP contribution in [0.25, 0.3) is 11.1 Å². The molecule has 2 aliphatic carbocycles. The maximum Gasteiger partial charge on any atom is 0.408 e. The monoisotopic (exact) mass is 460 g/mol. The minimum atomic E-state index is -1.44. The number of carboxylic acid groups (broad SMARTS) is 1. The molecule has 34 heavy (non-hydrogen) atoms. The zero-order valence-electron chi connectivity index (χ0n) is 18.0. The largest absolute Gasteiger partial charge is 0.478 e. The highest BCUT2D eigenvalue weighted by Gasteiger charge is 2.52. The van der Waals surface area contributed by atoms with Gasteiger partial charge in [0.25, 0.3) is 0 Å². The third-order valence-corrected chi connectivity index (χ3v) is 6.35. The third kappa shape index (κ3) is 3.77. The van der Waals surface area contributed by atoms with Crippen LogP contribution < -0.4 is 10.6 Å². The molecule has 3 aromatic carbocycles. The number of amides is 2. The number of hydrogen-bond acceptors (Lipinski definition) is 4. The molecule has 0 heterocycles.